The largest absolute Gasteiger partial charge is 0.477 e. The van der Waals surface area contributed by atoms with Gasteiger partial charge >= 0.3 is 5.97 Å². The molecule has 0 saturated heterocycles. The van der Waals surface area contributed by atoms with E-state index in [4.69, 9.17) is 5.11 Å². The summed E-state index contributed by atoms with van der Waals surface area (Å²) in [6.45, 7) is 1.56. The third-order valence-electron chi connectivity index (χ3n) is 3.08. The van der Waals surface area contributed by atoms with Gasteiger partial charge in [0.05, 0.1) is 11.4 Å². The Bertz CT molecular complexity index is 628. The van der Waals surface area contributed by atoms with Crippen LogP contribution >= 0.6 is 0 Å². The number of aromatic nitrogens is 1. The first-order valence-electron chi connectivity index (χ1n) is 6.06. The zero-order valence-corrected chi connectivity index (χ0v) is 10.2. The van der Waals surface area contributed by atoms with E-state index in [1.54, 1.807) is 6.07 Å². The van der Waals surface area contributed by atoms with Crippen LogP contribution in [-0.4, -0.2) is 29.1 Å². The number of para-hydroxylation sites is 2. The molecule has 19 heavy (non-hydrogen) atoms. The number of nitrogens with zero attached hydrogens (tertiary/aromatic N) is 2. The quantitative estimate of drug-likeness (QED) is 0.862. The van der Waals surface area contributed by atoms with Crippen molar-refractivity contribution in [2.75, 3.05) is 23.3 Å². The highest BCUT2D eigenvalue weighted by molar-refractivity contribution is 5.86. The van der Waals surface area contributed by atoms with Crippen LogP contribution in [0.5, 0.6) is 0 Å². The first-order valence-corrected chi connectivity index (χ1v) is 6.06. The number of aromatic carboxylic acids is 1. The molecule has 0 unspecified atom stereocenters. The highest BCUT2D eigenvalue weighted by Gasteiger charge is 2.19. The summed E-state index contributed by atoms with van der Waals surface area (Å²) in [5.74, 6) is -0.348. The van der Waals surface area contributed by atoms with Crippen molar-refractivity contribution in [1.29, 1.82) is 0 Å². The van der Waals surface area contributed by atoms with E-state index in [2.05, 4.69) is 10.3 Å². The van der Waals surface area contributed by atoms with Crippen molar-refractivity contribution in [2.24, 2.45) is 0 Å². The molecule has 0 aliphatic carbocycles. The van der Waals surface area contributed by atoms with Crippen LogP contribution in [0, 0.1) is 0 Å². The highest BCUT2D eigenvalue weighted by Crippen LogP contribution is 2.33. The summed E-state index contributed by atoms with van der Waals surface area (Å²) in [4.78, 5) is 17.2. The number of benzene rings is 1. The highest BCUT2D eigenvalue weighted by atomic mass is 16.4. The lowest BCUT2D eigenvalue weighted by molar-refractivity contribution is 0.0690. The maximum Gasteiger partial charge on any atom is 0.354 e. The van der Waals surface area contributed by atoms with Crippen LogP contribution in [-0.2, 0) is 0 Å². The van der Waals surface area contributed by atoms with Gasteiger partial charge in [0.15, 0.2) is 5.69 Å². The first-order chi connectivity index (χ1) is 9.25. The maximum atomic E-state index is 11.0. The molecule has 2 heterocycles. The average Bonchev–Trinajstić information content (AvgIpc) is 2.47. The van der Waals surface area contributed by atoms with E-state index in [1.807, 2.05) is 35.2 Å². The molecule has 3 rings (SSSR count). The molecule has 0 bridgehead atoms. The van der Waals surface area contributed by atoms with Gasteiger partial charge in [0.25, 0.3) is 0 Å². The van der Waals surface area contributed by atoms with Crippen LogP contribution in [0.3, 0.4) is 0 Å². The number of carboxylic acids is 1. The fourth-order valence-electron chi connectivity index (χ4n) is 2.21. The molecule has 2 N–H and O–H groups in total. The standard InChI is InChI=1S/C14H13N3O2/c18-14(19)11-5-3-7-13(16-11)17-9-8-15-10-4-1-2-6-12(10)17/h1-7,15H,8-9H2,(H,18,19). The number of rotatable bonds is 2. The summed E-state index contributed by atoms with van der Waals surface area (Å²) < 4.78 is 0. The summed E-state index contributed by atoms with van der Waals surface area (Å²) >= 11 is 0. The molecule has 1 aromatic heterocycles. The van der Waals surface area contributed by atoms with Crippen molar-refractivity contribution < 1.29 is 9.90 Å². The minimum atomic E-state index is -1.01. The van der Waals surface area contributed by atoms with Crippen molar-refractivity contribution in [2.45, 2.75) is 0 Å². The minimum Gasteiger partial charge on any atom is -0.477 e. The number of hydrogen-bond donors (Lipinski definition) is 2. The van der Waals surface area contributed by atoms with Crippen LogP contribution in [0.25, 0.3) is 0 Å². The Morgan fingerprint density at radius 3 is 2.89 bits per heavy atom. The number of pyridine rings is 1. The van der Waals surface area contributed by atoms with Gasteiger partial charge in [0, 0.05) is 13.1 Å². The normalized spacial score (nSPS) is 13.6. The molecule has 0 amide bonds. The van der Waals surface area contributed by atoms with Gasteiger partial charge in [-0.3, -0.25) is 0 Å². The van der Waals surface area contributed by atoms with Gasteiger partial charge in [-0.1, -0.05) is 18.2 Å². The molecular formula is C14H13N3O2. The molecule has 2 aromatic rings. The van der Waals surface area contributed by atoms with Gasteiger partial charge < -0.3 is 15.3 Å². The van der Waals surface area contributed by atoms with E-state index in [1.165, 1.54) is 6.07 Å². The van der Waals surface area contributed by atoms with Crippen molar-refractivity contribution in [1.82, 2.24) is 4.98 Å². The molecule has 0 spiro atoms. The SMILES string of the molecule is O=C(O)c1cccc(N2CCNc3ccccc32)n1. The predicted octanol–water partition coefficient (Wildman–Crippen LogP) is 2.34. The molecule has 5 heteroatoms. The van der Waals surface area contributed by atoms with Crippen LogP contribution < -0.4 is 10.2 Å². The number of anilines is 3. The van der Waals surface area contributed by atoms with Crippen molar-refractivity contribution in [3.8, 4) is 0 Å². The lowest BCUT2D eigenvalue weighted by Gasteiger charge is -2.31. The average molecular weight is 255 g/mol. The van der Waals surface area contributed by atoms with Crippen LogP contribution in [0.4, 0.5) is 17.2 Å². The van der Waals surface area contributed by atoms with Gasteiger partial charge in [-0.2, -0.15) is 0 Å². The third-order valence-corrected chi connectivity index (χ3v) is 3.08. The lowest BCUT2D eigenvalue weighted by Crippen LogP contribution is -2.30. The zero-order valence-electron chi connectivity index (χ0n) is 10.2. The van der Waals surface area contributed by atoms with Crippen LogP contribution in [0.1, 0.15) is 10.5 Å². The fraction of sp³-hybridized carbons (Fsp3) is 0.143. The van der Waals surface area contributed by atoms with E-state index >= 15 is 0 Å². The topological polar surface area (TPSA) is 65.5 Å². The minimum absolute atomic E-state index is 0.0634. The number of hydrogen-bond acceptors (Lipinski definition) is 4. The number of nitrogens with one attached hydrogen (secondary N) is 1. The second-order valence-corrected chi connectivity index (χ2v) is 4.28. The molecule has 5 nitrogen and oxygen atoms in total. The Kier molecular flexibility index (Phi) is 2.79. The van der Waals surface area contributed by atoms with Crippen LogP contribution in [0.15, 0.2) is 42.5 Å². The molecule has 0 atom stereocenters. The molecular weight excluding hydrogens is 242 g/mol. The smallest absolute Gasteiger partial charge is 0.354 e. The van der Waals surface area contributed by atoms with Crippen LogP contribution in [0.2, 0.25) is 0 Å². The molecule has 96 valence electrons. The number of fused-ring (bicyclic) bond motifs is 1. The number of carbonyl (C=O) groups is 1. The fourth-order valence-corrected chi connectivity index (χ4v) is 2.21. The Hall–Kier alpha value is -2.56. The zero-order chi connectivity index (χ0) is 13.2. The molecule has 0 saturated carbocycles. The van der Waals surface area contributed by atoms with E-state index in [9.17, 15) is 4.79 Å². The molecule has 1 aliphatic heterocycles. The van der Waals surface area contributed by atoms with E-state index in [0.717, 1.165) is 24.5 Å². The Morgan fingerprint density at radius 2 is 2.05 bits per heavy atom. The van der Waals surface area contributed by atoms with Gasteiger partial charge in [-0.25, -0.2) is 9.78 Å². The summed E-state index contributed by atoms with van der Waals surface area (Å²) in [6.07, 6.45) is 0. The van der Waals surface area contributed by atoms with Crippen molar-refractivity contribution in [3.63, 3.8) is 0 Å². The lowest BCUT2D eigenvalue weighted by atomic mass is 10.2. The van der Waals surface area contributed by atoms with E-state index in [0.29, 0.717) is 5.82 Å². The third kappa shape index (κ3) is 2.10. The second kappa shape index (κ2) is 4.61. The van der Waals surface area contributed by atoms with Crippen molar-refractivity contribution in [3.05, 3.63) is 48.2 Å². The molecule has 1 aliphatic rings. The maximum absolute atomic E-state index is 11.0. The monoisotopic (exact) mass is 255 g/mol. The van der Waals surface area contributed by atoms with Gasteiger partial charge in [0.2, 0.25) is 0 Å². The van der Waals surface area contributed by atoms with Gasteiger partial charge in [0.1, 0.15) is 5.82 Å². The summed E-state index contributed by atoms with van der Waals surface area (Å²) in [6, 6.07) is 13.0. The van der Waals surface area contributed by atoms with Gasteiger partial charge in [-0.05, 0) is 24.3 Å². The predicted molar refractivity (Wildman–Crippen MR) is 73.1 cm³/mol. The summed E-state index contributed by atoms with van der Waals surface area (Å²) in [5.41, 5.74) is 2.12. The van der Waals surface area contributed by atoms with E-state index in [-0.39, 0.29) is 5.69 Å². The molecule has 1 aromatic carbocycles. The molecule has 0 radical (unpaired) electrons. The summed E-state index contributed by atoms with van der Waals surface area (Å²) in [7, 11) is 0. The van der Waals surface area contributed by atoms with Gasteiger partial charge in [-0.15, -0.1) is 0 Å². The second-order valence-electron chi connectivity index (χ2n) is 4.28. The summed E-state index contributed by atoms with van der Waals surface area (Å²) in [5, 5.41) is 12.3. The Balaban J connectivity index is 2.04. The Morgan fingerprint density at radius 1 is 1.21 bits per heavy atom. The number of carboxylic acid groups (broad SMARTS) is 1. The van der Waals surface area contributed by atoms with Crippen molar-refractivity contribution >= 4 is 23.2 Å². The molecule has 0 fully saturated rings. The first kappa shape index (κ1) is 11.5. The Labute approximate surface area is 110 Å². The van der Waals surface area contributed by atoms with E-state index < -0.39 is 5.97 Å².